The van der Waals surface area contributed by atoms with E-state index < -0.39 is 11.9 Å². The molecule has 0 unspecified atom stereocenters. The lowest BCUT2D eigenvalue weighted by molar-refractivity contribution is 0.0690. The van der Waals surface area contributed by atoms with Gasteiger partial charge in [-0.1, -0.05) is 0 Å². The Hall–Kier alpha value is -2.70. The summed E-state index contributed by atoms with van der Waals surface area (Å²) in [5.74, 6) is -1.70. The van der Waals surface area contributed by atoms with Crippen molar-refractivity contribution in [3.63, 3.8) is 0 Å². The quantitative estimate of drug-likeness (QED) is 0.867. The molecule has 20 heavy (non-hydrogen) atoms. The maximum Gasteiger partial charge on any atom is 0.339 e. The molecule has 2 aromatic heterocycles. The van der Waals surface area contributed by atoms with Crippen molar-refractivity contribution in [3.8, 4) is 0 Å². The minimum absolute atomic E-state index is 0.0964. The van der Waals surface area contributed by atoms with Crippen LogP contribution >= 0.6 is 0 Å². The summed E-state index contributed by atoms with van der Waals surface area (Å²) in [5, 5.41) is 15.6. The number of amides is 1. The molecular formula is C13H14N4O3. The average molecular weight is 274 g/mol. The van der Waals surface area contributed by atoms with Crippen LogP contribution in [0.3, 0.4) is 0 Å². The molecule has 0 radical (unpaired) electrons. The second-order valence-corrected chi connectivity index (χ2v) is 4.35. The van der Waals surface area contributed by atoms with Crippen LogP contribution in [0.4, 0.5) is 0 Å². The third kappa shape index (κ3) is 2.82. The summed E-state index contributed by atoms with van der Waals surface area (Å²) in [6.07, 6.45) is 4.55. The first kappa shape index (κ1) is 13.7. The van der Waals surface area contributed by atoms with Crippen LogP contribution in [0, 0.1) is 0 Å². The Morgan fingerprint density at radius 1 is 1.35 bits per heavy atom. The molecule has 7 heteroatoms. The summed E-state index contributed by atoms with van der Waals surface area (Å²) in [6, 6.07) is 3.29. The molecule has 2 rings (SSSR count). The molecule has 0 saturated carbocycles. The van der Waals surface area contributed by atoms with Crippen molar-refractivity contribution < 1.29 is 14.7 Å². The topological polar surface area (TPSA) is 97.1 Å². The maximum absolute atomic E-state index is 12.1. The fraction of sp³-hybridized carbons (Fsp3) is 0.231. The highest BCUT2D eigenvalue weighted by Crippen LogP contribution is 2.13. The number of pyridine rings is 1. The van der Waals surface area contributed by atoms with E-state index in [1.54, 1.807) is 38.5 Å². The normalized spacial score (nSPS) is 11.9. The van der Waals surface area contributed by atoms with Crippen LogP contribution in [0.15, 0.2) is 30.7 Å². The zero-order chi connectivity index (χ0) is 14.7. The molecule has 1 amide bonds. The van der Waals surface area contributed by atoms with E-state index in [2.05, 4.69) is 15.4 Å². The molecule has 104 valence electrons. The van der Waals surface area contributed by atoms with Crippen molar-refractivity contribution in [2.75, 3.05) is 0 Å². The number of carboxylic acids is 1. The van der Waals surface area contributed by atoms with Gasteiger partial charge in [0.15, 0.2) is 5.69 Å². The summed E-state index contributed by atoms with van der Waals surface area (Å²) in [4.78, 5) is 27.1. The van der Waals surface area contributed by atoms with Crippen molar-refractivity contribution in [1.82, 2.24) is 20.1 Å². The second-order valence-electron chi connectivity index (χ2n) is 4.35. The van der Waals surface area contributed by atoms with Gasteiger partial charge in [0.05, 0.1) is 6.04 Å². The van der Waals surface area contributed by atoms with Gasteiger partial charge in [0.2, 0.25) is 0 Å². The highest BCUT2D eigenvalue weighted by Gasteiger charge is 2.22. The molecule has 0 aromatic carbocycles. The predicted molar refractivity (Wildman–Crippen MR) is 70.3 cm³/mol. The molecule has 0 bridgehead atoms. The Bertz CT molecular complexity index is 636. The van der Waals surface area contributed by atoms with Gasteiger partial charge in [-0.25, -0.2) is 4.79 Å². The van der Waals surface area contributed by atoms with E-state index in [0.29, 0.717) is 0 Å². The molecule has 0 saturated heterocycles. The molecule has 2 N–H and O–H groups in total. The zero-order valence-electron chi connectivity index (χ0n) is 11.1. The zero-order valence-corrected chi connectivity index (χ0v) is 11.1. The number of nitrogens with zero attached hydrogens (tertiary/aromatic N) is 3. The van der Waals surface area contributed by atoms with Gasteiger partial charge in [-0.2, -0.15) is 5.10 Å². The smallest absolute Gasteiger partial charge is 0.339 e. The van der Waals surface area contributed by atoms with Crippen LogP contribution < -0.4 is 5.32 Å². The van der Waals surface area contributed by atoms with Crippen LogP contribution in [-0.2, 0) is 7.05 Å². The molecule has 2 aromatic rings. The van der Waals surface area contributed by atoms with Gasteiger partial charge in [-0.3, -0.25) is 14.5 Å². The monoisotopic (exact) mass is 274 g/mol. The van der Waals surface area contributed by atoms with Gasteiger partial charge < -0.3 is 10.4 Å². The van der Waals surface area contributed by atoms with Gasteiger partial charge in [0.25, 0.3) is 5.91 Å². The van der Waals surface area contributed by atoms with Crippen LogP contribution in [0.5, 0.6) is 0 Å². The third-order valence-corrected chi connectivity index (χ3v) is 2.83. The van der Waals surface area contributed by atoms with Crippen LogP contribution in [0.2, 0.25) is 0 Å². The van der Waals surface area contributed by atoms with Crippen molar-refractivity contribution >= 4 is 11.9 Å². The lowest BCUT2D eigenvalue weighted by Crippen LogP contribution is -2.28. The van der Waals surface area contributed by atoms with E-state index in [-0.39, 0.29) is 17.3 Å². The van der Waals surface area contributed by atoms with Crippen molar-refractivity contribution in [2.45, 2.75) is 13.0 Å². The molecule has 0 aliphatic heterocycles. The number of aryl methyl sites for hydroxylation is 1. The second kappa shape index (κ2) is 5.52. The van der Waals surface area contributed by atoms with Gasteiger partial charge in [0.1, 0.15) is 5.56 Å². The summed E-state index contributed by atoms with van der Waals surface area (Å²) in [7, 11) is 1.56. The van der Waals surface area contributed by atoms with Gasteiger partial charge >= 0.3 is 5.97 Å². The molecule has 2 heterocycles. The molecule has 7 nitrogen and oxygen atoms in total. The van der Waals surface area contributed by atoms with E-state index in [9.17, 15) is 9.59 Å². The third-order valence-electron chi connectivity index (χ3n) is 2.83. The molecule has 0 spiro atoms. The first-order valence-corrected chi connectivity index (χ1v) is 5.96. The fourth-order valence-electron chi connectivity index (χ4n) is 1.81. The lowest BCUT2D eigenvalue weighted by Gasteiger charge is -2.13. The van der Waals surface area contributed by atoms with Gasteiger partial charge in [-0.05, 0) is 24.6 Å². The Balaban J connectivity index is 2.19. The van der Waals surface area contributed by atoms with Crippen molar-refractivity contribution in [1.29, 1.82) is 0 Å². The Kier molecular flexibility index (Phi) is 3.79. The SMILES string of the molecule is C[C@@H](NC(=O)c1nn(C)cc1C(=O)O)c1ccncc1. The number of carbonyl (C=O) groups excluding carboxylic acids is 1. The van der Waals surface area contributed by atoms with Crippen LogP contribution in [-0.4, -0.2) is 31.7 Å². The van der Waals surface area contributed by atoms with E-state index in [4.69, 9.17) is 5.11 Å². The fourth-order valence-corrected chi connectivity index (χ4v) is 1.81. The molecule has 0 aliphatic carbocycles. The summed E-state index contributed by atoms with van der Waals surface area (Å²) >= 11 is 0. The lowest BCUT2D eigenvalue weighted by atomic mass is 10.1. The minimum atomic E-state index is -1.18. The predicted octanol–water partition coefficient (Wildman–Crippen LogP) is 1.00. The largest absolute Gasteiger partial charge is 0.478 e. The minimum Gasteiger partial charge on any atom is -0.478 e. The van der Waals surface area contributed by atoms with Gasteiger partial charge in [-0.15, -0.1) is 0 Å². The first-order chi connectivity index (χ1) is 9.49. The number of aromatic nitrogens is 3. The number of carbonyl (C=O) groups is 2. The van der Waals surface area contributed by atoms with Crippen molar-refractivity contribution in [3.05, 3.63) is 47.5 Å². The number of hydrogen-bond acceptors (Lipinski definition) is 4. The average Bonchev–Trinajstić information content (AvgIpc) is 2.82. The number of rotatable bonds is 4. The molecular weight excluding hydrogens is 260 g/mol. The van der Waals surface area contributed by atoms with E-state index in [1.807, 2.05) is 0 Å². The number of hydrogen-bond donors (Lipinski definition) is 2. The Morgan fingerprint density at radius 2 is 2.00 bits per heavy atom. The van der Waals surface area contributed by atoms with E-state index >= 15 is 0 Å². The summed E-state index contributed by atoms with van der Waals surface area (Å²) < 4.78 is 1.30. The van der Waals surface area contributed by atoms with Gasteiger partial charge in [0, 0.05) is 25.6 Å². The Morgan fingerprint density at radius 3 is 2.60 bits per heavy atom. The van der Waals surface area contributed by atoms with Crippen LogP contribution in [0.25, 0.3) is 0 Å². The molecule has 0 fully saturated rings. The van der Waals surface area contributed by atoms with Crippen molar-refractivity contribution in [2.24, 2.45) is 7.05 Å². The molecule has 0 aliphatic rings. The highest BCUT2D eigenvalue weighted by molar-refractivity contribution is 6.03. The van der Waals surface area contributed by atoms with E-state index in [0.717, 1.165) is 5.56 Å². The number of carboxylic acid groups (broad SMARTS) is 1. The number of nitrogens with one attached hydrogen (secondary N) is 1. The summed E-state index contributed by atoms with van der Waals surface area (Å²) in [5.41, 5.74) is 0.661. The van der Waals surface area contributed by atoms with E-state index in [1.165, 1.54) is 10.9 Å². The summed E-state index contributed by atoms with van der Waals surface area (Å²) in [6.45, 7) is 1.80. The van der Waals surface area contributed by atoms with Crippen LogP contribution in [0.1, 0.15) is 39.4 Å². The number of aromatic carboxylic acids is 1. The standard InChI is InChI=1S/C13H14N4O3/c1-8(9-3-5-14-6-4-9)15-12(18)11-10(13(19)20)7-17(2)16-11/h3-8H,1-2H3,(H,15,18)(H,19,20)/t8-/m1/s1. The maximum atomic E-state index is 12.1. The Labute approximate surface area is 115 Å². The molecule has 1 atom stereocenters. The highest BCUT2D eigenvalue weighted by atomic mass is 16.4. The first-order valence-electron chi connectivity index (χ1n) is 5.96.